The molecule has 1 fully saturated rings. The molecule has 2 N–H and O–H groups in total. The highest BCUT2D eigenvalue weighted by atomic mass is 16.4. The molecule has 1 saturated heterocycles. The topological polar surface area (TPSA) is 69.2 Å². The van der Waals surface area contributed by atoms with Crippen molar-refractivity contribution in [2.45, 2.75) is 31.7 Å². The summed E-state index contributed by atoms with van der Waals surface area (Å²) in [5.41, 5.74) is 2.08. The minimum Gasteiger partial charge on any atom is -0.480 e. The first kappa shape index (κ1) is 13.1. The summed E-state index contributed by atoms with van der Waals surface area (Å²) >= 11 is 0. The number of nitrogens with one attached hydrogen (secondary N) is 1. The van der Waals surface area contributed by atoms with E-state index in [1.165, 1.54) is 0 Å². The van der Waals surface area contributed by atoms with Gasteiger partial charge in [-0.2, -0.15) is 0 Å². The van der Waals surface area contributed by atoms with E-state index in [-0.39, 0.29) is 0 Å². The first-order chi connectivity index (χ1) is 9.65. The number of rotatable bonds is 3. The third-order valence-corrected chi connectivity index (χ3v) is 4.23. The number of aliphatic carboxylic acids is 1. The number of hydrogen-bond donors (Lipinski definition) is 2. The Morgan fingerprint density at radius 2 is 2.10 bits per heavy atom. The van der Waals surface area contributed by atoms with Crippen molar-refractivity contribution < 1.29 is 9.90 Å². The zero-order valence-electron chi connectivity index (χ0n) is 11.5. The minimum atomic E-state index is -0.743. The number of piperidine rings is 1. The Balaban J connectivity index is 1.70. The van der Waals surface area contributed by atoms with Gasteiger partial charge in [-0.1, -0.05) is 12.1 Å². The number of nitrogens with zero attached hydrogens (tertiary/aromatic N) is 2. The van der Waals surface area contributed by atoms with E-state index in [9.17, 15) is 4.79 Å². The van der Waals surface area contributed by atoms with E-state index >= 15 is 0 Å². The summed E-state index contributed by atoms with van der Waals surface area (Å²) < 4.78 is 0. The van der Waals surface area contributed by atoms with Crippen molar-refractivity contribution in [3.05, 3.63) is 30.1 Å². The number of para-hydroxylation sites is 2. The van der Waals surface area contributed by atoms with Crippen LogP contribution in [-0.4, -0.2) is 45.1 Å². The van der Waals surface area contributed by atoms with Gasteiger partial charge in [0.25, 0.3) is 0 Å². The fraction of sp³-hybridized carbons (Fsp3) is 0.467. The van der Waals surface area contributed by atoms with E-state index in [2.05, 4.69) is 9.97 Å². The highest BCUT2D eigenvalue weighted by Crippen LogP contribution is 2.28. The average Bonchev–Trinajstić information content (AvgIpc) is 2.90. The van der Waals surface area contributed by atoms with E-state index in [1.807, 2.05) is 29.2 Å². The number of likely N-dealkylation sites (tertiary alicyclic amines) is 1. The molecule has 0 spiro atoms. The van der Waals surface area contributed by atoms with Crippen molar-refractivity contribution in [2.75, 3.05) is 13.1 Å². The molecule has 0 aliphatic carbocycles. The molecule has 1 aliphatic heterocycles. The second-order valence-electron chi connectivity index (χ2n) is 5.46. The van der Waals surface area contributed by atoms with E-state index < -0.39 is 12.0 Å². The number of carboxylic acid groups (broad SMARTS) is 1. The fourth-order valence-electron chi connectivity index (χ4n) is 2.88. The molecular weight excluding hydrogens is 254 g/mol. The quantitative estimate of drug-likeness (QED) is 0.899. The van der Waals surface area contributed by atoms with Crippen molar-refractivity contribution in [1.82, 2.24) is 14.9 Å². The molecule has 1 aromatic carbocycles. The summed E-state index contributed by atoms with van der Waals surface area (Å²) in [6.07, 6.45) is 1.91. The van der Waals surface area contributed by atoms with Gasteiger partial charge in [-0.05, 0) is 45.0 Å². The molecule has 106 valence electrons. The van der Waals surface area contributed by atoms with Crippen LogP contribution in [0.2, 0.25) is 0 Å². The maximum Gasteiger partial charge on any atom is 0.320 e. The molecule has 0 bridgehead atoms. The van der Waals surface area contributed by atoms with Crippen molar-refractivity contribution >= 4 is 17.0 Å². The van der Waals surface area contributed by atoms with Crippen LogP contribution in [0.25, 0.3) is 11.0 Å². The lowest BCUT2D eigenvalue weighted by atomic mass is 9.95. The van der Waals surface area contributed by atoms with Gasteiger partial charge in [0, 0.05) is 5.92 Å². The van der Waals surface area contributed by atoms with Crippen molar-refractivity contribution in [1.29, 1.82) is 0 Å². The van der Waals surface area contributed by atoms with Gasteiger partial charge in [-0.3, -0.25) is 9.69 Å². The first-order valence-electron chi connectivity index (χ1n) is 7.06. The number of fused-ring (bicyclic) bond motifs is 1. The highest BCUT2D eigenvalue weighted by molar-refractivity contribution is 5.75. The zero-order valence-corrected chi connectivity index (χ0v) is 11.5. The van der Waals surface area contributed by atoms with E-state index in [0.29, 0.717) is 5.92 Å². The summed E-state index contributed by atoms with van der Waals surface area (Å²) in [5.74, 6) is 0.695. The molecule has 1 aromatic heterocycles. The Hall–Kier alpha value is -1.88. The number of aromatic nitrogens is 2. The van der Waals surface area contributed by atoms with E-state index in [1.54, 1.807) is 6.92 Å². The normalized spacial score (nSPS) is 19.2. The summed E-state index contributed by atoms with van der Waals surface area (Å²) in [6.45, 7) is 3.38. The van der Waals surface area contributed by atoms with Crippen LogP contribution in [0.4, 0.5) is 0 Å². The number of benzene rings is 1. The lowest BCUT2D eigenvalue weighted by Crippen LogP contribution is -2.43. The third-order valence-electron chi connectivity index (χ3n) is 4.23. The molecule has 3 rings (SSSR count). The Bertz CT molecular complexity index is 581. The maximum atomic E-state index is 11.0. The molecule has 1 atom stereocenters. The van der Waals surface area contributed by atoms with Gasteiger partial charge in [-0.15, -0.1) is 0 Å². The first-order valence-corrected chi connectivity index (χ1v) is 7.06. The molecule has 5 heteroatoms. The number of imidazole rings is 1. The lowest BCUT2D eigenvalue weighted by Gasteiger charge is -2.33. The molecule has 2 aromatic rings. The number of carboxylic acids is 1. The monoisotopic (exact) mass is 273 g/mol. The Labute approximate surface area is 117 Å². The fourth-order valence-corrected chi connectivity index (χ4v) is 2.88. The van der Waals surface area contributed by atoms with Crippen molar-refractivity contribution in [3.8, 4) is 0 Å². The minimum absolute atomic E-state index is 0.397. The van der Waals surface area contributed by atoms with Crippen LogP contribution in [0, 0.1) is 0 Å². The number of H-pyrrole nitrogens is 1. The molecular formula is C15H19N3O2. The molecule has 1 aliphatic rings. The van der Waals surface area contributed by atoms with Gasteiger partial charge in [0.15, 0.2) is 0 Å². The van der Waals surface area contributed by atoms with Gasteiger partial charge < -0.3 is 10.1 Å². The molecule has 2 heterocycles. The van der Waals surface area contributed by atoms with Gasteiger partial charge in [-0.25, -0.2) is 4.98 Å². The summed E-state index contributed by atoms with van der Waals surface area (Å²) in [5, 5.41) is 9.05. The molecule has 20 heavy (non-hydrogen) atoms. The average molecular weight is 273 g/mol. The molecule has 0 amide bonds. The van der Waals surface area contributed by atoms with Crippen molar-refractivity contribution in [3.63, 3.8) is 0 Å². The van der Waals surface area contributed by atoms with Gasteiger partial charge >= 0.3 is 5.97 Å². The smallest absolute Gasteiger partial charge is 0.320 e. The Morgan fingerprint density at radius 3 is 2.75 bits per heavy atom. The van der Waals surface area contributed by atoms with Crippen LogP contribution in [0.1, 0.15) is 31.5 Å². The predicted molar refractivity (Wildman–Crippen MR) is 76.7 cm³/mol. The van der Waals surface area contributed by atoms with Gasteiger partial charge in [0.05, 0.1) is 11.0 Å². The SMILES string of the molecule is C[C@H](C(=O)O)N1CCC(c2nc3ccccc3[nH]2)CC1. The third kappa shape index (κ3) is 2.41. The number of aromatic amines is 1. The predicted octanol–water partition coefficient (Wildman–Crippen LogP) is 2.22. The standard InChI is InChI=1S/C15H19N3O2/c1-10(15(19)20)18-8-6-11(7-9-18)14-16-12-4-2-3-5-13(12)17-14/h2-5,10-11H,6-9H2,1H3,(H,16,17)(H,19,20)/t10-/m1/s1. The van der Waals surface area contributed by atoms with Crippen LogP contribution in [0.15, 0.2) is 24.3 Å². The number of hydrogen-bond acceptors (Lipinski definition) is 3. The summed E-state index contributed by atoms with van der Waals surface area (Å²) in [6, 6.07) is 7.64. The molecule has 0 saturated carbocycles. The summed E-state index contributed by atoms with van der Waals surface area (Å²) in [7, 11) is 0. The largest absolute Gasteiger partial charge is 0.480 e. The van der Waals surface area contributed by atoms with Crippen LogP contribution >= 0.6 is 0 Å². The van der Waals surface area contributed by atoms with Crippen LogP contribution in [0.5, 0.6) is 0 Å². The zero-order chi connectivity index (χ0) is 14.1. The highest BCUT2D eigenvalue weighted by Gasteiger charge is 2.28. The van der Waals surface area contributed by atoms with Crippen molar-refractivity contribution in [2.24, 2.45) is 0 Å². The lowest BCUT2D eigenvalue weighted by molar-refractivity contribution is -0.143. The summed E-state index contributed by atoms with van der Waals surface area (Å²) in [4.78, 5) is 21.1. The van der Waals surface area contributed by atoms with Crippen LogP contribution in [-0.2, 0) is 4.79 Å². The second kappa shape index (κ2) is 5.25. The van der Waals surface area contributed by atoms with Gasteiger partial charge in [0.1, 0.15) is 11.9 Å². The molecule has 5 nitrogen and oxygen atoms in total. The molecule has 0 radical (unpaired) electrons. The molecule has 0 unspecified atom stereocenters. The number of carbonyl (C=O) groups is 1. The van der Waals surface area contributed by atoms with E-state index in [0.717, 1.165) is 42.8 Å². The van der Waals surface area contributed by atoms with Gasteiger partial charge in [0.2, 0.25) is 0 Å². The maximum absolute atomic E-state index is 11.0. The second-order valence-corrected chi connectivity index (χ2v) is 5.46. The van der Waals surface area contributed by atoms with Crippen LogP contribution < -0.4 is 0 Å². The Morgan fingerprint density at radius 1 is 1.40 bits per heavy atom. The Kier molecular flexibility index (Phi) is 3.44. The van der Waals surface area contributed by atoms with Crippen LogP contribution in [0.3, 0.4) is 0 Å². The van der Waals surface area contributed by atoms with E-state index in [4.69, 9.17) is 5.11 Å².